The van der Waals surface area contributed by atoms with Crippen LogP contribution in [0.5, 0.6) is 5.75 Å². The summed E-state index contributed by atoms with van der Waals surface area (Å²) in [6.45, 7) is 0.701. The van der Waals surface area contributed by atoms with E-state index in [-0.39, 0.29) is 11.9 Å². The summed E-state index contributed by atoms with van der Waals surface area (Å²) in [5.74, 6) is 0.285. The molecule has 1 aromatic carbocycles. The molecule has 1 N–H and O–H groups in total. The maximum Gasteiger partial charge on any atom is 0.122 e. The zero-order valence-electron chi connectivity index (χ0n) is 12.4. The van der Waals surface area contributed by atoms with Crippen LogP contribution < -0.4 is 0 Å². The molecule has 22 heavy (non-hydrogen) atoms. The molecule has 0 fully saturated rings. The number of allylic oxidation sites excluding steroid dienone is 1. The summed E-state index contributed by atoms with van der Waals surface area (Å²) in [6.07, 6.45) is 9.90. The maximum atomic E-state index is 9.99. The average Bonchev–Trinajstić information content (AvgIpc) is 3.07. The molecule has 0 unspecified atom stereocenters. The van der Waals surface area contributed by atoms with Gasteiger partial charge in [-0.1, -0.05) is 36.4 Å². The number of benzene rings is 1. The minimum absolute atomic E-state index is 0.177. The van der Waals surface area contributed by atoms with Crippen LogP contribution in [0.3, 0.4) is 0 Å². The van der Waals surface area contributed by atoms with Crippen molar-refractivity contribution in [1.29, 1.82) is 0 Å². The largest absolute Gasteiger partial charge is 0.507 e. The Bertz CT molecular complexity index is 677. The third-order valence-electron chi connectivity index (χ3n) is 3.72. The molecule has 0 saturated heterocycles. The highest BCUT2D eigenvalue weighted by Gasteiger charge is 2.12. The van der Waals surface area contributed by atoms with Crippen LogP contribution in [-0.2, 0) is 4.74 Å². The van der Waals surface area contributed by atoms with E-state index < -0.39 is 0 Å². The number of aromatic hydroxyl groups is 1. The Morgan fingerprint density at radius 1 is 1.23 bits per heavy atom. The zero-order valence-corrected chi connectivity index (χ0v) is 12.4. The summed E-state index contributed by atoms with van der Waals surface area (Å²) in [4.78, 5) is 4.44. The number of ether oxygens (including phenoxy) is 1. The first-order valence-corrected chi connectivity index (χ1v) is 7.51. The minimum atomic E-state index is 0.177. The van der Waals surface area contributed by atoms with Gasteiger partial charge in [0, 0.05) is 11.8 Å². The molecule has 0 aliphatic carbocycles. The van der Waals surface area contributed by atoms with Gasteiger partial charge in [0.1, 0.15) is 5.75 Å². The molecule has 1 atom stereocenters. The average molecular weight is 293 g/mol. The Hall–Kier alpha value is -2.39. The van der Waals surface area contributed by atoms with E-state index in [0.29, 0.717) is 6.61 Å². The summed E-state index contributed by atoms with van der Waals surface area (Å²) < 4.78 is 5.61. The lowest BCUT2D eigenvalue weighted by Crippen LogP contribution is -2.04. The zero-order chi connectivity index (χ0) is 15.2. The highest BCUT2D eigenvalue weighted by atomic mass is 16.5. The first-order chi connectivity index (χ1) is 10.8. The molecule has 2 heterocycles. The second-order valence-electron chi connectivity index (χ2n) is 5.28. The Morgan fingerprint density at radius 3 is 2.82 bits per heavy atom. The van der Waals surface area contributed by atoms with Gasteiger partial charge in [-0.15, -0.1) is 0 Å². The molecule has 0 bridgehead atoms. The normalized spacial score (nSPS) is 17.8. The van der Waals surface area contributed by atoms with Crippen LogP contribution in [0.4, 0.5) is 0 Å². The predicted octanol–water partition coefficient (Wildman–Crippen LogP) is 4.06. The van der Waals surface area contributed by atoms with Crippen LogP contribution in [0.25, 0.3) is 11.6 Å². The summed E-state index contributed by atoms with van der Waals surface area (Å²) in [7, 11) is 0. The van der Waals surface area contributed by atoms with E-state index in [0.717, 1.165) is 29.7 Å². The maximum absolute atomic E-state index is 9.99. The van der Waals surface area contributed by atoms with Crippen molar-refractivity contribution in [1.82, 2.24) is 4.98 Å². The monoisotopic (exact) mass is 293 g/mol. The topological polar surface area (TPSA) is 42.4 Å². The number of rotatable bonds is 5. The van der Waals surface area contributed by atoms with E-state index >= 15 is 0 Å². The molecular weight excluding hydrogens is 274 g/mol. The minimum Gasteiger partial charge on any atom is -0.507 e. The van der Waals surface area contributed by atoms with Crippen molar-refractivity contribution < 1.29 is 9.84 Å². The van der Waals surface area contributed by atoms with Gasteiger partial charge >= 0.3 is 0 Å². The number of pyridine rings is 1. The van der Waals surface area contributed by atoms with Gasteiger partial charge in [-0.05, 0) is 42.7 Å². The molecule has 1 aliphatic rings. The summed E-state index contributed by atoms with van der Waals surface area (Å²) >= 11 is 0. The molecule has 0 saturated carbocycles. The Labute approximate surface area is 130 Å². The predicted molar refractivity (Wildman–Crippen MR) is 88.3 cm³/mol. The van der Waals surface area contributed by atoms with Crippen LogP contribution in [-0.4, -0.2) is 22.8 Å². The molecule has 3 heteroatoms. The van der Waals surface area contributed by atoms with Crippen molar-refractivity contribution in [3.63, 3.8) is 0 Å². The highest BCUT2D eigenvalue weighted by Crippen LogP contribution is 2.27. The molecule has 0 amide bonds. The van der Waals surface area contributed by atoms with E-state index in [2.05, 4.69) is 17.1 Å². The SMILES string of the molecule is Oc1ccccc1/C=C(/CC[C@@H]1C=CCO1)c1ccccn1. The summed E-state index contributed by atoms with van der Waals surface area (Å²) in [6, 6.07) is 13.2. The third-order valence-corrected chi connectivity index (χ3v) is 3.72. The molecule has 1 aromatic heterocycles. The highest BCUT2D eigenvalue weighted by molar-refractivity contribution is 5.81. The number of phenols is 1. The van der Waals surface area contributed by atoms with Crippen LogP contribution in [0.2, 0.25) is 0 Å². The molecule has 0 radical (unpaired) electrons. The van der Waals surface area contributed by atoms with Gasteiger partial charge in [0.2, 0.25) is 0 Å². The Balaban J connectivity index is 1.85. The van der Waals surface area contributed by atoms with Gasteiger partial charge in [0.15, 0.2) is 0 Å². The molecule has 1 aliphatic heterocycles. The smallest absolute Gasteiger partial charge is 0.122 e. The number of nitrogens with zero attached hydrogens (tertiary/aromatic N) is 1. The summed E-state index contributed by atoms with van der Waals surface area (Å²) in [5.41, 5.74) is 2.85. The molecule has 0 spiro atoms. The van der Waals surface area contributed by atoms with Crippen LogP contribution in [0.15, 0.2) is 60.8 Å². The van der Waals surface area contributed by atoms with Crippen molar-refractivity contribution in [3.05, 3.63) is 72.1 Å². The van der Waals surface area contributed by atoms with E-state index in [1.807, 2.05) is 42.5 Å². The van der Waals surface area contributed by atoms with Gasteiger partial charge in [-0.2, -0.15) is 0 Å². The van der Waals surface area contributed by atoms with E-state index in [1.165, 1.54) is 0 Å². The van der Waals surface area contributed by atoms with Crippen molar-refractivity contribution in [2.45, 2.75) is 18.9 Å². The first kappa shape index (κ1) is 14.5. The summed E-state index contributed by atoms with van der Waals surface area (Å²) in [5, 5.41) is 9.99. The van der Waals surface area contributed by atoms with Crippen LogP contribution in [0, 0.1) is 0 Å². The van der Waals surface area contributed by atoms with Crippen LogP contribution in [0.1, 0.15) is 24.1 Å². The third kappa shape index (κ3) is 3.62. The van der Waals surface area contributed by atoms with Gasteiger partial charge in [0.25, 0.3) is 0 Å². The molecule has 3 rings (SSSR count). The molecule has 2 aromatic rings. The Kier molecular flexibility index (Phi) is 4.66. The number of para-hydroxylation sites is 1. The van der Waals surface area contributed by atoms with Crippen molar-refractivity contribution in [2.24, 2.45) is 0 Å². The van der Waals surface area contributed by atoms with Gasteiger partial charge in [-0.25, -0.2) is 0 Å². The van der Waals surface area contributed by atoms with E-state index in [4.69, 9.17) is 4.74 Å². The lowest BCUT2D eigenvalue weighted by Gasteiger charge is -2.11. The number of aromatic nitrogens is 1. The fourth-order valence-corrected chi connectivity index (χ4v) is 2.54. The molecular formula is C19H19NO2. The second-order valence-corrected chi connectivity index (χ2v) is 5.28. The number of hydrogen-bond acceptors (Lipinski definition) is 3. The lowest BCUT2D eigenvalue weighted by atomic mass is 10.00. The van der Waals surface area contributed by atoms with E-state index in [1.54, 1.807) is 12.3 Å². The molecule has 112 valence electrons. The Morgan fingerprint density at radius 2 is 2.09 bits per heavy atom. The number of hydrogen-bond donors (Lipinski definition) is 1. The first-order valence-electron chi connectivity index (χ1n) is 7.51. The fraction of sp³-hybridized carbons (Fsp3) is 0.211. The standard InChI is InChI=1S/C19H19NO2/c21-19-9-2-1-6-16(19)14-15(18-8-3-4-12-20-18)10-11-17-7-5-13-22-17/h1-9,12,14,17,21H,10-11,13H2/b15-14-/t17-/m0/s1. The fourth-order valence-electron chi connectivity index (χ4n) is 2.54. The van der Waals surface area contributed by atoms with Gasteiger partial charge in [-0.3, -0.25) is 4.98 Å². The quantitative estimate of drug-likeness (QED) is 0.845. The second kappa shape index (κ2) is 7.05. The molecule has 3 nitrogen and oxygen atoms in total. The van der Waals surface area contributed by atoms with Crippen molar-refractivity contribution in [2.75, 3.05) is 6.61 Å². The van der Waals surface area contributed by atoms with Crippen molar-refractivity contribution >= 4 is 11.6 Å². The van der Waals surface area contributed by atoms with Gasteiger partial charge < -0.3 is 9.84 Å². The number of phenolic OH excluding ortho intramolecular Hbond substituents is 1. The lowest BCUT2D eigenvalue weighted by molar-refractivity contribution is 0.123. The van der Waals surface area contributed by atoms with Crippen molar-refractivity contribution in [3.8, 4) is 5.75 Å². The van der Waals surface area contributed by atoms with E-state index in [9.17, 15) is 5.11 Å². The van der Waals surface area contributed by atoms with Gasteiger partial charge in [0.05, 0.1) is 18.4 Å². The van der Waals surface area contributed by atoms with Crippen LogP contribution >= 0.6 is 0 Å².